The van der Waals surface area contributed by atoms with Crippen LogP contribution in [0.2, 0.25) is 0 Å². The molecule has 0 N–H and O–H groups in total. The summed E-state index contributed by atoms with van der Waals surface area (Å²) in [4.78, 5) is 18.4. The first-order valence-corrected chi connectivity index (χ1v) is 10.7. The number of pyridine rings is 1. The fraction of sp³-hybridized carbons (Fsp3) is 0.308. The number of rotatable bonds is 7. The van der Waals surface area contributed by atoms with Crippen LogP contribution in [0.25, 0.3) is 11.1 Å². The SMILES string of the molecule is COc1cccc(OC)c1C1CCCC(C=O)N1Cc1cccc(-c2ccncc2)c1. The van der Waals surface area contributed by atoms with Crippen LogP contribution < -0.4 is 9.47 Å². The summed E-state index contributed by atoms with van der Waals surface area (Å²) in [6.45, 7) is 0.675. The molecule has 0 aliphatic carbocycles. The lowest BCUT2D eigenvalue weighted by molar-refractivity contribution is -0.115. The average Bonchev–Trinajstić information content (AvgIpc) is 2.84. The van der Waals surface area contributed by atoms with Gasteiger partial charge >= 0.3 is 0 Å². The Hall–Kier alpha value is -3.18. The molecule has 1 fully saturated rings. The molecule has 5 nitrogen and oxygen atoms in total. The number of methoxy groups -OCH3 is 2. The maximum absolute atomic E-state index is 12.0. The molecule has 0 radical (unpaired) electrons. The second-order valence-corrected chi connectivity index (χ2v) is 7.83. The van der Waals surface area contributed by atoms with E-state index in [-0.39, 0.29) is 12.1 Å². The van der Waals surface area contributed by atoms with Gasteiger partial charge in [-0.3, -0.25) is 9.88 Å². The molecule has 2 aromatic carbocycles. The molecular weight excluding hydrogens is 388 g/mol. The maximum atomic E-state index is 12.0. The molecular formula is C26H28N2O3. The van der Waals surface area contributed by atoms with Gasteiger partial charge < -0.3 is 14.3 Å². The number of carbonyl (C=O) groups is 1. The Morgan fingerprint density at radius 2 is 1.68 bits per heavy atom. The number of aromatic nitrogens is 1. The number of piperidine rings is 1. The Bertz CT molecular complexity index is 1000. The van der Waals surface area contributed by atoms with Crippen LogP contribution in [0.4, 0.5) is 0 Å². The van der Waals surface area contributed by atoms with Crippen LogP contribution in [0.3, 0.4) is 0 Å². The number of benzene rings is 2. The number of hydrogen-bond donors (Lipinski definition) is 0. The summed E-state index contributed by atoms with van der Waals surface area (Å²) in [6.07, 6.45) is 7.49. The third-order valence-corrected chi connectivity index (χ3v) is 6.07. The standard InChI is InChI=1S/C26H28N2O3/c1-30-24-10-5-11-25(31-2)26(24)23-9-4-8-22(18-29)28(23)17-19-6-3-7-21(16-19)20-12-14-27-15-13-20/h3,5-7,10-16,18,22-23H,4,8-9,17H2,1-2H3. The zero-order valence-corrected chi connectivity index (χ0v) is 18.0. The van der Waals surface area contributed by atoms with Crippen molar-refractivity contribution >= 4 is 6.29 Å². The van der Waals surface area contributed by atoms with Crippen molar-refractivity contribution in [1.82, 2.24) is 9.88 Å². The number of ether oxygens (including phenoxy) is 2. The molecule has 1 aliphatic heterocycles. The van der Waals surface area contributed by atoms with Crippen LogP contribution in [0.5, 0.6) is 11.5 Å². The van der Waals surface area contributed by atoms with E-state index in [9.17, 15) is 4.79 Å². The zero-order valence-electron chi connectivity index (χ0n) is 18.0. The van der Waals surface area contributed by atoms with Crippen molar-refractivity contribution in [3.8, 4) is 22.6 Å². The van der Waals surface area contributed by atoms with Crippen LogP contribution in [0, 0.1) is 0 Å². The van der Waals surface area contributed by atoms with Crippen molar-refractivity contribution in [1.29, 1.82) is 0 Å². The zero-order chi connectivity index (χ0) is 21.6. The second kappa shape index (κ2) is 9.75. The predicted molar refractivity (Wildman–Crippen MR) is 121 cm³/mol. The molecule has 1 saturated heterocycles. The van der Waals surface area contributed by atoms with Crippen molar-refractivity contribution < 1.29 is 14.3 Å². The smallest absolute Gasteiger partial charge is 0.137 e. The lowest BCUT2D eigenvalue weighted by Crippen LogP contribution is -2.42. The monoisotopic (exact) mass is 416 g/mol. The van der Waals surface area contributed by atoms with Crippen molar-refractivity contribution in [3.05, 3.63) is 78.1 Å². The molecule has 2 unspecified atom stereocenters. The first kappa shape index (κ1) is 21.1. The largest absolute Gasteiger partial charge is 0.496 e. The van der Waals surface area contributed by atoms with Gasteiger partial charge in [-0.25, -0.2) is 0 Å². The highest BCUT2D eigenvalue weighted by Crippen LogP contribution is 2.43. The van der Waals surface area contributed by atoms with Gasteiger partial charge in [0, 0.05) is 25.0 Å². The fourth-order valence-corrected chi connectivity index (χ4v) is 4.58. The average molecular weight is 417 g/mol. The molecule has 2 atom stereocenters. The van der Waals surface area contributed by atoms with Crippen LogP contribution in [-0.2, 0) is 11.3 Å². The first-order chi connectivity index (χ1) is 15.2. The molecule has 31 heavy (non-hydrogen) atoms. The molecule has 1 aromatic heterocycles. The lowest BCUT2D eigenvalue weighted by Gasteiger charge is -2.41. The molecule has 0 bridgehead atoms. The van der Waals surface area contributed by atoms with E-state index in [1.807, 2.05) is 30.3 Å². The molecule has 3 aromatic rings. The summed E-state index contributed by atoms with van der Waals surface area (Å²) in [5, 5.41) is 0. The normalized spacial score (nSPS) is 19.0. The summed E-state index contributed by atoms with van der Waals surface area (Å²) < 4.78 is 11.4. The molecule has 0 saturated carbocycles. The summed E-state index contributed by atoms with van der Waals surface area (Å²) in [5.74, 6) is 1.60. The van der Waals surface area contributed by atoms with E-state index in [1.54, 1.807) is 26.6 Å². The van der Waals surface area contributed by atoms with Crippen LogP contribution >= 0.6 is 0 Å². The summed E-state index contributed by atoms with van der Waals surface area (Å²) in [5.41, 5.74) is 4.46. The van der Waals surface area contributed by atoms with E-state index in [0.29, 0.717) is 6.54 Å². The van der Waals surface area contributed by atoms with Gasteiger partial charge in [0.25, 0.3) is 0 Å². The number of aldehydes is 1. The number of hydrogen-bond acceptors (Lipinski definition) is 5. The van der Waals surface area contributed by atoms with Crippen LogP contribution in [0.1, 0.15) is 36.4 Å². The number of nitrogens with zero attached hydrogens (tertiary/aromatic N) is 2. The highest BCUT2D eigenvalue weighted by molar-refractivity contribution is 5.63. The Labute approximate surface area is 183 Å². The van der Waals surface area contributed by atoms with E-state index in [1.165, 1.54) is 5.56 Å². The maximum Gasteiger partial charge on any atom is 0.137 e. The van der Waals surface area contributed by atoms with Crippen molar-refractivity contribution in [2.24, 2.45) is 0 Å². The van der Waals surface area contributed by atoms with Gasteiger partial charge in [-0.05, 0) is 66.3 Å². The predicted octanol–water partition coefficient (Wildman–Crippen LogP) is 5.06. The van der Waals surface area contributed by atoms with Gasteiger partial charge in [-0.1, -0.05) is 24.3 Å². The third kappa shape index (κ3) is 4.47. The number of likely N-dealkylation sites (tertiary alicyclic amines) is 1. The van der Waals surface area contributed by atoms with Gasteiger partial charge in [0.05, 0.1) is 25.8 Å². The summed E-state index contributed by atoms with van der Waals surface area (Å²) in [6, 6.07) is 18.3. The van der Waals surface area contributed by atoms with E-state index in [2.05, 4.69) is 34.1 Å². The molecule has 4 rings (SSSR count). The minimum Gasteiger partial charge on any atom is -0.496 e. The van der Waals surface area contributed by atoms with Gasteiger partial charge in [0.2, 0.25) is 0 Å². The summed E-state index contributed by atoms with van der Waals surface area (Å²) >= 11 is 0. The Morgan fingerprint density at radius 1 is 0.968 bits per heavy atom. The molecule has 2 heterocycles. The number of carbonyl (C=O) groups excluding carboxylic acids is 1. The van der Waals surface area contributed by atoms with Gasteiger partial charge in [0.1, 0.15) is 17.8 Å². The first-order valence-electron chi connectivity index (χ1n) is 10.7. The highest BCUT2D eigenvalue weighted by Gasteiger charge is 2.34. The van der Waals surface area contributed by atoms with Crippen LogP contribution in [-0.4, -0.2) is 36.4 Å². The van der Waals surface area contributed by atoms with Crippen LogP contribution in [0.15, 0.2) is 67.0 Å². The third-order valence-electron chi connectivity index (χ3n) is 6.07. The fourth-order valence-electron chi connectivity index (χ4n) is 4.58. The molecule has 0 spiro atoms. The van der Waals surface area contributed by atoms with E-state index < -0.39 is 0 Å². The molecule has 1 aliphatic rings. The topological polar surface area (TPSA) is 51.7 Å². The minimum absolute atomic E-state index is 0.0413. The Balaban J connectivity index is 1.71. The summed E-state index contributed by atoms with van der Waals surface area (Å²) in [7, 11) is 3.36. The molecule has 160 valence electrons. The van der Waals surface area contributed by atoms with Gasteiger partial charge in [0.15, 0.2) is 0 Å². The Kier molecular flexibility index (Phi) is 6.63. The Morgan fingerprint density at radius 3 is 2.35 bits per heavy atom. The van der Waals surface area contributed by atoms with E-state index in [4.69, 9.17) is 9.47 Å². The van der Waals surface area contributed by atoms with E-state index in [0.717, 1.165) is 53.7 Å². The molecule has 5 heteroatoms. The van der Waals surface area contributed by atoms with Gasteiger partial charge in [-0.15, -0.1) is 0 Å². The quantitative estimate of drug-likeness (QED) is 0.504. The second-order valence-electron chi connectivity index (χ2n) is 7.83. The van der Waals surface area contributed by atoms with E-state index >= 15 is 0 Å². The van der Waals surface area contributed by atoms with Crippen molar-refractivity contribution in [3.63, 3.8) is 0 Å². The minimum atomic E-state index is -0.141. The van der Waals surface area contributed by atoms with Crippen molar-refractivity contribution in [2.45, 2.75) is 37.9 Å². The molecule has 0 amide bonds. The highest BCUT2D eigenvalue weighted by atomic mass is 16.5. The van der Waals surface area contributed by atoms with Crippen molar-refractivity contribution in [2.75, 3.05) is 14.2 Å². The lowest BCUT2D eigenvalue weighted by atomic mass is 9.89. The van der Waals surface area contributed by atoms with Gasteiger partial charge in [-0.2, -0.15) is 0 Å².